The number of halogens is 4. The fourth-order valence-corrected chi connectivity index (χ4v) is 4.65. The molecule has 1 saturated heterocycles. The summed E-state index contributed by atoms with van der Waals surface area (Å²) in [6.45, 7) is 0.334. The summed E-state index contributed by atoms with van der Waals surface area (Å²) in [4.78, 5) is 17.3. The molecule has 0 radical (unpaired) electrons. The van der Waals surface area contributed by atoms with E-state index in [9.17, 15) is 9.18 Å². The van der Waals surface area contributed by atoms with Crippen LogP contribution in [0.15, 0.2) is 70.6 Å². The molecule has 1 aliphatic heterocycles. The highest BCUT2D eigenvalue weighted by Crippen LogP contribution is 2.35. The van der Waals surface area contributed by atoms with Gasteiger partial charge in [0.15, 0.2) is 5.17 Å². The first-order chi connectivity index (χ1) is 15.4. The van der Waals surface area contributed by atoms with Crippen molar-refractivity contribution in [1.82, 2.24) is 5.32 Å². The Labute approximate surface area is 212 Å². The monoisotopic (exact) mass is 598 g/mol. The van der Waals surface area contributed by atoms with Crippen LogP contribution in [0.4, 0.5) is 10.1 Å². The standard InChI is InChI=1S/C23H14Cl2FIN2O2S/c24-16-2-1-3-18(21(16)25)28-23-29-22(30)20(32-23)11-14-6-9-19(17(27)10-14)31-12-13-4-7-15(26)8-5-13/h1-11H,12H2,(H,28,29,30)/b20-11+. The van der Waals surface area contributed by atoms with Crippen molar-refractivity contribution in [3.05, 3.63) is 96.1 Å². The number of amidine groups is 1. The Morgan fingerprint density at radius 2 is 1.91 bits per heavy atom. The third kappa shape index (κ3) is 5.64. The Morgan fingerprint density at radius 3 is 2.66 bits per heavy atom. The fraction of sp³-hybridized carbons (Fsp3) is 0.0435. The molecule has 1 amide bonds. The van der Waals surface area contributed by atoms with Gasteiger partial charge in [-0.3, -0.25) is 4.79 Å². The quantitative estimate of drug-likeness (QED) is 0.249. The number of nitrogens with one attached hydrogen (secondary N) is 1. The van der Waals surface area contributed by atoms with Crippen LogP contribution in [-0.4, -0.2) is 11.1 Å². The van der Waals surface area contributed by atoms with Crippen LogP contribution in [-0.2, 0) is 11.4 Å². The van der Waals surface area contributed by atoms with Gasteiger partial charge in [0.1, 0.15) is 18.2 Å². The average Bonchev–Trinajstić information content (AvgIpc) is 3.10. The molecule has 32 heavy (non-hydrogen) atoms. The van der Waals surface area contributed by atoms with Crippen LogP contribution in [0.5, 0.6) is 5.75 Å². The third-order valence-corrected chi connectivity index (χ3v) is 6.93. The Bertz CT molecular complexity index is 1250. The van der Waals surface area contributed by atoms with Gasteiger partial charge in [0, 0.05) is 0 Å². The molecule has 162 valence electrons. The highest BCUT2D eigenvalue weighted by molar-refractivity contribution is 14.1. The lowest BCUT2D eigenvalue weighted by atomic mass is 10.2. The fourth-order valence-electron chi connectivity index (χ4n) is 2.79. The molecule has 3 aromatic carbocycles. The minimum Gasteiger partial charge on any atom is -0.488 e. The first-order valence-corrected chi connectivity index (χ1v) is 11.9. The summed E-state index contributed by atoms with van der Waals surface area (Å²) in [7, 11) is 0. The molecule has 1 fully saturated rings. The van der Waals surface area contributed by atoms with E-state index in [1.807, 2.05) is 18.2 Å². The molecule has 4 nitrogen and oxygen atoms in total. The van der Waals surface area contributed by atoms with Crippen LogP contribution in [0.25, 0.3) is 6.08 Å². The Kier molecular flexibility index (Phi) is 7.40. The number of amides is 1. The van der Waals surface area contributed by atoms with E-state index in [1.54, 1.807) is 36.4 Å². The largest absolute Gasteiger partial charge is 0.488 e. The van der Waals surface area contributed by atoms with E-state index in [0.717, 1.165) is 14.7 Å². The molecule has 1 aliphatic rings. The average molecular weight is 599 g/mol. The highest BCUT2D eigenvalue weighted by atomic mass is 127. The molecule has 0 saturated carbocycles. The lowest BCUT2D eigenvalue weighted by Crippen LogP contribution is -2.19. The van der Waals surface area contributed by atoms with E-state index in [2.05, 4.69) is 32.9 Å². The first-order valence-electron chi connectivity index (χ1n) is 9.29. The lowest BCUT2D eigenvalue weighted by molar-refractivity contribution is -0.115. The molecule has 4 rings (SSSR count). The van der Waals surface area contributed by atoms with E-state index >= 15 is 0 Å². The van der Waals surface area contributed by atoms with E-state index in [0.29, 0.717) is 38.2 Å². The molecule has 9 heteroatoms. The van der Waals surface area contributed by atoms with Gasteiger partial charge in [-0.1, -0.05) is 47.5 Å². The van der Waals surface area contributed by atoms with E-state index in [1.165, 1.54) is 23.9 Å². The Morgan fingerprint density at radius 1 is 1.12 bits per heavy atom. The molecule has 0 atom stereocenters. The number of hydrogen-bond donors (Lipinski definition) is 1. The van der Waals surface area contributed by atoms with Gasteiger partial charge in [-0.15, -0.1) is 0 Å². The smallest absolute Gasteiger partial charge is 0.264 e. The van der Waals surface area contributed by atoms with Gasteiger partial charge in [-0.25, -0.2) is 9.38 Å². The van der Waals surface area contributed by atoms with Gasteiger partial charge in [-0.2, -0.15) is 0 Å². The summed E-state index contributed by atoms with van der Waals surface area (Å²) in [6, 6.07) is 17.0. The zero-order chi connectivity index (χ0) is 22.7. The van der Waals surface area contributed by atoms with Crippen molar-refractivity contribution >= 4 is 80.4 Å². The van der Waals surface area contributed by atoms with Gasteiger partial charge in [0.2, 0.25) is 0 Å². The molecule has 0 bridgehead atoms. The summed E-state index contributed by atoms with van der Waals surface area (Å²) < 4.78 is 19.8. The maximum atomic E-state index is 13.0. The van der Waals surface area contributed by atoms with E-state index in [4.69, 9.17) is 27.9 Å². The number of hydrogen-bond acceptors (Lipinski definition) is 4. The summed E-state index contributed by atoms with van der Waals surface area (Å²) >= 11 is 15.6. The molecule has 0 aromatic heterocycles. The van der Waals surface area contributed by atoms with Crippen LogP contribution in [0.1, 0.15) is 11.1 Å². The maximum Gasteiger partial charge on any atom is 0.264 e. The van der Waals surface area contributed by atoms with Crippen molar-refractivity contribution in [2.45, 2.75) is 6.61 Å². The van der Waals surface area contributed by atoms with Crippen LogP contribution < -0.4 is 10.1 Å². The molecule has 0 spiro atoms. The topological polar surface area (TPSA) is 50.7 Å². The Hall–Kier alpha value is -2.07. The van der Waals surface area contributed by atoms with Gasteiger partial charge in [0.05, 0.1) is 24.2 Å². The summed E-state index contributed by atoms with van der Waals surface area (Å²) in [5.41, 5.74) is 2.21. The molecular formula is C23H14Cl2FIN2O2S. The number of thioether (sulfide) groups is 1. The van der Waals surface area contributed by atoms with Crippen LogP contribution >= 0.6 is 57.6 Å². The van der Waals surface area contributed by atoms with E-state index in [-0.39, 0.29) is 11.7 Å². The number of nitrogens with zero attached hydrogens (tertiary/aromatic N) is 1. The molecule has 0 aliphatic carbocycles. The molecule has 1 heterocycles. The predicted octanol–water partition coefficient (Wildman–Crippen LogP) is 7.21. The van der Waals surface area contributed by atoms with Crippen LogP contribution in [0.2, 0.25) is 10.0 Å². The van der Waals surface area contributed by atoms with Crippen molar-refractivity contribution < 1.29 is 13.9 Å². The van der Waals surface area contributed by atoms with Crippen LogP contribution in [0, 0.1) is 9.39 Å². The number of aliphatic imine (C=N–C) groups is 1. The summed E-state index contributed by atoms with van der Waals surface area (Å²) in [5, 5.41) is 3.90. The minimum atomic E-state index is -0.279. The first kappa shape index (κ1) is 23.1. The zero-order valence-corrected chi connectivity index (χ0v) is 20.7. The Balaban J connectivity index is 1.47. The van der Waals surface area contributed by atoms with Crippen molar-refractivity contribution in [3.8, 4) is 5.75 Å². The normalized spacial score (nSPS) is 15.9. The van der Waals surface area contributed by atoms with E-state index < -0.39 is 0 Å². The summed E-state index contributed by atoms with van der Waals surface area (Å²) in [6.07, 6.45) is 1.79. The molecular weight excluding hydrogens is 585 g/mol. The van der Waals surface area contributed by atoms with Crippen molar-refractivity contribution in [2.24, 2.45) is 4.99 Å². The number of carbonyl (C=O) groups is 1. The second kappa shape index (κ2) is 10.2. The maximum absolute atomic E-state index is 13.0. The second-order valence-corrected chi connectivity index (χ2v) is 9.64. The highest BCUT2D eigenvalue weighted by Gasteiger charge is 2.24. The summed E-state index contributed by atoms with van der Waals surface area (Å²) in [5.74, 6) is 0.190. The van der Waals surface area contributed by atoms with Gasteiger partial charge in [-0.05, 0) is 88.0 Å². The van der Waals surface area contributed by atoms with Gasteiger partial charge in [0.25, 0.3) is 5.91 Å². The zero-order valence-electron chi connectivity index (χ0n) is 16.2. The third-order valence-electron chi connectivity index (χ3n) is 4.37. The van der Waals surface area contributed by atoms with Crippen molar-refractivity contribution in [1.29, 1.82) is 0 Å². The van der Waals surface area contributed by atoms with Crippen LogP contribution in [0.3, 0.4) is 0 Å². The number of ether oxygens (including phenoxy) is 1. The predicted molar refractivity (Wildman–Crippen MR) is 137 cm³/mol. The number of carbonyl (C=O) groups excluding carboxylic acids is 1. The minimum absolute atomic E-state index is 0.237. The molecule has 1 N–H and O–H groups in total. The second-order valence-electron chi connectivity index (χ2n) is 6.66. The SMILES string of the molecule is O=C1NC(=Nc2cccc(Cl)c2Cl)S/C1=C/c1ccc(OCc2ccc(F)cc2)c(I)c1. The molecule has 0 unspecified atom stereocenters. The lowest BCUT2D eigenvalue weighted by Gasteiger charge is -2.09. The van der Waals surface area contributed by atoms with Gasteiger partial charge < -0.3 is 10.1 Å². The van der Waals surface area contributed by atoms with Crippen molar-refractivity contribution in [3.63, 3.8) is 0 Å². The molecule has 3 aromatic rings. The van der Waals surface area contributed by atoms with Gasteiger partial charge >= 0.3 is 0 Å². The number of rotatable bonds is 5. The van der Waals surface area contributed by atoms with Crippen molar-refractivity contribution in [2.75, 3.05) is 0 Å². The number of benzene rings is 3.